The number of carbonyl (C=O) groups excluding carboxylic acids is 2. The molecule has 0 saturated carbocycles. The largest absolute Gasteiger partial charge is 0.325 e. The molecule has 1 aromatic carbocycles. The van der Waals surface area contributed by atoms with Crippen LogP contribution in [-0.4, -0.2) is 43.8 Å². The van der Waals surface area contributed by atoms with Gasteiger partial charge in [0.2, 0.25) is 0 Å². The number of rotatable bonds is 4. The summed E-state index contributed by atoms with van der Waals surface area (Å²) in [4.78, 5) is 25.4. The molecule has 1 aliphatic heterocycles. The van der Waals surface area contributed by atoms with Gasteiger partial charge in [-0.15, -0.1) is 0 Å². The van der Waals surface area contributed by atoms with E-state index in [2.05, 4.69) is 5.32 Å². The number of nitrogens with one attached hydrogen (secondary N) is 1. The van der Waals surface area contributed by atoms with E-state index >= 15 is 0 Å². The number of carbonyl (C=O) groups is 2. The van der Waals surface area contributed by atoms with Gasteiger partial charge in [-0.3, -0.25) is 9.69 Å². The monoisotopic (exact) mass is 321 g/mol. The van der Waals surface area contributed by atoms with Gasteiger partial charge in [-0.25, -0.2) is 13.2 Å². The van der Waals surface area contributed by atoms with Crippen molar-refractivity contribution in [2.75, 3.05) is 18.6 Å². The fourth-order valence-corrected chi connectivity index (χ4v) is 2.77. The average molecular weight is 321 g/mol. The zero-order chi connectivity index (χ0) is 16.5. The standard InChI is InChI=1S/C14H15N3O4S/c1-14(11-5-3-4-10(8-11)9-15)12(18)17(13(19)16-14)6-7-22(2,20)21/h3-5,8H,6-7H2,1-2H3,(H,16,19)/t14-/m1/s1. The Bertz CT molecular complexity index is 782. The van der Waals surface area contributed by atoms with E-state index in [0.717, 1.165) is 11.2 Å². The smallest absolute Gasteiger partial charge is 0.319 e. The zero-order valence-electron chi connectivity index (χ0n) is 12.2. The number of hydrogen-bond donors (Lipinski definition) is 1. The van der Waals surface area contributed by atoms with Crippen LogP contribution in [0.2, 0.25) is 0 Å². The summed E-state index contributed by atoms with van der Waals surface area (Å²) in [5.74, 6) is -0.822. The first-order valence-electron chi connectivity index (χ1n) is 6.50. The van der Waals surface area contributed by atoms with E-state index in [-0.39, 0.29) is 12.3 Å². The third kappa shape index (κ3) is 2.94. The van der Waals surface area contributed by atoms with Gasteiger partial charge in [-0.1, -0.05) is 12.1 Å². The van der Waals surface area contributed by atoms with E-state index in [1.165, 1.54) is 13.0 Å². The molecule has 0 bridgehead atoms. The molecular weight excluding hydrogens is 306 g/mol. The van der Waals surface area contributed by atoms with Crippen molar-refractivity contribution in [1.82, 2.24) is 10.2 Å². The number of nitriles is 1. The first-order chi connectivity index (χ1) is 10.2. The van der Waals surface area contributed by atoms with Crippen molar-refractivity contribution in [2.45, 2.75) is 12.5 Å². The summed E-state index contributed by atoms with van der Waals surface area (Å²) in [6, 6.07) is 7.71. The summed E-state index contributed by atoms with van der Waals surface area (Å²) < 4.78 is 22.4. The highest BCUT2D eigenvalue weighted by atomic mass is 32.2. The summed E-state index contributed by atoms with van der Waals surface area (Å²) in [7, 11) is -3.29. The van der Waals surface area contributed by atoms with Crippen LogP contribution in [0.5, 0.6) is 0 Å². The predicted octanol–water partition coefficient (Wildman–Crippen LogP) is 0.370. The van der Waals surface area contributed by atoms with E-state index in [1.54, 1.807) is 18.2 Å². The van der Waals surface area contributed by atoms with E-state index in [1.807, 2.05) is 6.07 Å². The molecule has 0 aromatic heterocycles. The summed E-state index contributed by atoms with van der Waals surface area (Å²) in [5, 5.41) is 11.5. The fraction of sp³-hybridized carbons (Fsp3) is 0.357. The molecule has 7 nitrogen and oxygen atoms in total. The van der Waals surface area contributed by atoms with Crippen LogP contribution in [0.4, 0.5) is 4.79 Å². The molecule has 0 radical (unpaired) electrons. The van der Waals surface area contributed by atoms with Crippen molar-refractivity contribution in [1.29, 1.82) is 5.26 Å². The van der Waals surface area contributed by atoms with Crippen molar-refractivity contribution in [3.63, 3.8) is 0 Å². The van der Waals surface area contributed by atoms with Crippen LogP contribution >= 0.6 is 0 Å². The SMILES string of the molecule is C[C@]1(c2cccc(C#N)c2)NC(=O)N(CCS(C)(=O)=O)C1=O. The molecule has 22 heavy (non-hydrogen) atoms. The molecule has 8 heteroatoms. The van der Waals surface area contributed by atoms with Crippen LogP contribution < -0.4 is 5.32 Å². The summed E-state index contributed by atoms with van der Waals surface area (Å²) in [5.41, 5.74) is -0.455. The molecule has 0 spiro atoms. The number of benzene rings is 1. The van der Waals surface area contributed by atoms with Crippen LogP contribution in [0.3, 0.4) is 0 Å². The van der Waals surface area contributed by atoms with Gasteiger partial charge in [-0.2, -0.15) is 5.26 Å². The van der Waals surface area contributed by atoms with Crippen molar-refractivity contribution in [3.8, 4) is 6.07 Å². The number of nitrogens with zero attached hydrogens (tertiary/aromatic N) is 2. The quantitative estimate of drug-likeness (QED) is 0.806. The lowest BCUT2D eigenvalue weighted by molar-refractivity contribution is -0.130. The molecule has 0 unspecified atom stereocenters. The first-order valence-corrected chi connectivity index (χ1v) is 8.56. The highest BCUT2D eigenvalue weighted by Crippen LogP contribution is 2.29. The van der Waals surface area contributed by atoms with E-state index in [4.69, 9.17) is 5.26 Å². The Kier molecular flexibility index (Phi) is 3.94. The molecule has 116 valence electrons. The summed E-state index contributed by atoms with van der Waals surface area (Å²) in [6.45, 7) is 1.33. The number of urea groups is 1. The maximum Gasteiger partial charge on any atom is 0.325 e. The van der Waals surface area contributed by atoms with Crippen LogP contribution in [0, 0.1) is 11.3 Å². The van der Waals surface area contributed by atoms with E-state index in [9.17, 15) is 18.0 Å². The number of sulfone groups is 1. The van der Waals surface area contributed by atoms with Crippen LogP contribution in [-0.2, 0) is 20.2 Å². The fourth-order valence-electron chi connectivity index (χ4n) is 2.25. The number of amides is 3. The van der Waals surface area contributed by atoms with Gasteiger partial charge in [0.25, 0.3) is 5.91 Å². The van der Waals surface area contributed by atoms with Gasteiger partial charge in [0, 0.05) is 12.8 Å². The second kappa shape index (κ2) is 5.42. The molecule has 1 aliphatic rings. The normalized spacial score (nSPS) is 21.6. The average Bonchev–Trinajstić information content (AvgIpc) is 2.67. The van der Waals surface area contributed by atoms with Crippen molar-refractivity contribution in [3.05, 3.63) is 35.4 Å². The van der Waals surface area contributed by atoms with Crippen molar-refractivity contribution in [2.24, 2.45) is 0 Å². The minimum atomic E-state index is -3.29. The van der Waals surface area contributed by atoms with Gasteiger partial charge >= 0.3 is 6.03 Å². The van der Waals surface area contributed by atoms with E-state index in [0.29, 0.717) is 11.1 Å². The highest BCUT2D eigenvalue weighted by Gasteiger charge is 2.48. The van der Waals surface area contributed by atoms with Crippen LogP contribution in [0.15, 0.2) is 24.3 Å². The number of hydrogen-bond acceptors (Lipinski definition) is 5. The Morgan fingerprint density at radius 2 is 2.05 bits per heavy atom. The molecule has 1 aromatic rings. The lowest BCUT2D eigenvalue weighted by Gasteiger charge is -2.22. The van der Waals surface area contributed by atoms with E-state index < -0.39 is 27.3 Å². The van der Waals surface area contributed by atoms with Crippen molar-refractivity contribution < 1.29 is 18.0 Å². The Hall–Kier alpha value is -2.40. The lowest BCUT2D eigenvalue weighted by atomic mass is 9.91. The maximum atomic E-state index is 12.5. The molecule has 2 rings (SSSR count). The van der Waals surface area contributed by atoms with Gasteiger partial charge < -0.3 is 5.32 Å². The molecule has 0 aliphatic carbocycles. The van der Waals surface area contributed by atoms with Gasteiger partial charge in [0.1, 0.15) is 15.4 Å². The molecule has 1 atom stereocenters. The second-order valence-corrected chi connectivity index (χ2v) is 7.59. The number of imide groups is 1. The third-order valence-electron chi connectivity index (χ3n) is 3.53. The van der Waals surface area contributed by atoms with Gasteiger partial charge in [-0.05, 0) is 24.6 Å². The lowest BCUT2D eigenvalue weighted by Crippen LogP contribution is -2.41. The van der Waals surface area contributed by atoms with Crippen LogP contribution in [0.1, 0.15) is 18.1 Å². The summed E-state index contributed by atoms with van der Waals surface area (Å²) in [6.07, 6.45) is 1.04. The maximum absolute atomic E-state index is 12.5. The molecule has 1 heterocycles. The Balaban J connectivity index is 2.31. The predicted molar refractivity (Wildman–Crippen MR) is 78.5 cm³/mol. The minimum Gasteiger partial charge on any atom is -0.319 e. The molecule has 1 fully saturated rings. The molecule has 1 N–H and O–H groups in total. The molecule has 1 saturated heterocycles. The third-order valence-corrected chi connectivity index (χ3v) is 4.45. The van der Waals surface area contributed by atoms with Gasteiger partial charge in [0.05, 0.1) is 17.4 Å². The second-order valence-electron chi connectivity index (χ2n) is 5.33. The minimum absolute atomic E-state index is 0.197. The highest BCUT2D eigenvalue weighted by molar-refractivity contribution is 7.90. The molecular formula is C14H15N3O4S. The summed E-state index contributed by atoms with van der Waals surface area (Å²) >= 11 is 0. The Labute approximate surface area is 128 Å². The first kappa shape index (κ1) is 16.0. The topological polar surface area (TPSA) is 107 Å². The Morgan fingerprint density at radius 1 is 1.36 bits per heavy atom. The molecule has 3 amide bonds. The Morgan fingerprint density at radius 3 is 2.64 bits per heavy atom. The zero-order valence-corrected chi connectivity index (χ0v) is 13.0. The van der Waals surface area contributed by atoms with Crippen LogP contribution in [0.25, 0.3) is 0 Å². The van der Waals surface area contributed by atoms with Crippen molar-refractivity contribution >= 4 is 21.8 Å². The van der Waals surface area contributed by atoms with Gasteiger partial charge in [0.15, 0.2) is 0 Å².